The van der Waals surface area contributed by atoms with Gasteiger partial charge in [-0.25, -0.2) is 4.79 Å². The molecule has 2 aliphatic heterocycles. The monoisotopic (exact) mass is 325 g/mol. The predicted octanol–water partition coefficient (Wildman–Crippen LogP) is 2.71. The maximum Gasteiger partial charge on any atom is 0.410 e. The third kappa shape index (κ3) is 6.30. The second-order valence-corrected chi connectivity index (χ2v) is 8.23. The van der Waals surface area contributed by atoms with Gasteiger partial charge in [0.25, 0.3) is 0 Å². The van der Waals surface area contributed by atoms with Gasteiger partial charge in [-0.1, -0.05) is 0 Å². The first-order chi connectivity index (χ1) is 10.8. The predicted molar refractivity (Wildman–Crippen MR) is 93.7 cm³/mol. The van der Waals surface area contributed by atoms with Gasteiger partial charge < -0.3 is 19.9 Å². The smallest absolute Gasteiger partial charge is 0.410 e. The van der Waals surface area contributed by atoms with Gasteiger partial charge in [0, 0.05) is 19.1 Å². The Morgan fingerprint density at radius 2 is 1.96 bits per heavy atom. The van der Waals surface area contributed by atoms with Crippen LogP contribution in [-0.4, -0.2) is 67.3 Å². The quantitative estimate of drug-likeness (QED) is 0.790. The Labute approximate surface area is 141 Å². The van der Waals surface area contributed by atoms with Gasteiger partial charge in [-0.05, 0) is 85.5 Å². The summed E-state index contributed by atoms with van der Waals surface area (Å²) < 4.78 is 5.53. The highest BCUT2D eigenvalue weighted by Gasteiger charge is 2.31. The number of likely N-dealkylation sites (tertiary alicyclic amines) is 2. The lowest BCUT2D eigenvalue weighted by Crippen LogP contribution is -2.41. The Hall–Kier alpha value is -0.810. The van der Waals surface area contributed by atoms with Gasteiger partial charge in [0.05, 0.1) is 0 Å². The van der Waals surface area contributed by atoms with E-state index in [1.54, 1.807) is 0 Å². The van der Waals surface area contributed by atoms with Crippen LogP contribution in [0.5, 0.6) is 0 Å². The van der Waals surface area contributed by atoms with Gasteiger partial charge in [-0.15, -0.1) is 0 Å². The molecule has 0 spiro atoms. The Kier molecular flexibility index (Phi) is 6.72. The van der Waals surface area contributed by atoms with E-state index in [1.165, 1.54) is 25.9 Å². The molecule has 2 unspecified atom stereocenters. The maximum atomic E-state index is 12.3. The molecule has 0 aliphatic carbocycles. The van der Waals surface area contributed by atoms with Crippen LogP contribution in [0.25, 0.3) is 0 Å². The van der Waals surface area contributed by atoms with Crippen LogP contribution in [0.1, 0.15) is 52.9 Å². The molecule has 2 saturated heterocycles. The van der Waals surface area contributed by atoms with E-state index < -0.39 is 5.60 Å². The van der Waals surface area contributed by atoms with Crippen molar-refractivity contribution in [2.45, 2.75) is 64.5 Å². The fourth-order valence-electron chi connectivity index (χ4n) is 3.71. The highest BCUT2D eigenvalue weighted by molar-refractivity contribution is 5.68. The third-order valence-corrected chi connectivity index (χ3v) is 4.81. The summed E-state index contributed by atoms with van der Waals surface area (Å²) in [5, 5.41) is 3.60. The standard InChI is InChI=1S/C18H35N3O2/c1-18(2,3)23-17(22)21-12-6-8-16(21)9-10-19-13-15-7-5-11-20(4)14-15/h15-16,19H,5-14H2,1-4H3. The SMILES string of the molecule is CN1CCCC(CNCCC2CCCN2C(=O)OC(C)(C)C)C1. The molecule has 2 heterocycles. The minimum absolute atomic E-state index is 0.145. The molecule has 23 heavy (non-hydrogen) atoms. The first kappa shape index (κ1) is 18.5. The van der Waals surface area contributed by atoms with Crippen molar-refractivity contribution < 1.29 is 9.53 Å². The van der Waals surface area contributed by atoms with E-state index in [0.29, 0.717) is 6.04 Å². The van der Waals surface area contributed by atoms with Crippen LogP contribution < -0.4 is 5.32 Å². The Morgan fingerprint density at radius 3 is 2.65 bits per heavy atom. The lowest BCUT2D eigenvalue weighted by Gasteiger charge is -2.30. The molecule has 0 aromatic rings. The van der Waals surface area contributed by atoms with Gasteiger partial charge in [0.15, 0.2) is 0 Å². The van der Waals surface area contributed by atoms with E-state index in [4.69, 9.17) is 4.74 Å². The maximum absolute atomic E-state index is 12.3. The van der Waals surface area contributed by atoms with Crippen LogP contribution in [0.4, 0.5) is 4.79 Å². The number of ether oxygens (including phenoxy) is 1. The summed E-state index contributed by atoms with van der Waals surface area (Å²) in [6.07, 6.45) is 5.74. The average molecular weight is 325 g/mol. The first-order valence-corrected chi connectivity index (χ1v) is 9.24. The number of carbonyl (C=O) groups is 1. The molecule has 5 heteroatoms. The number of hydrogen-bond donors (Lipinski definition) is 1. The number of hydrogen-bond acceptors (Lipinski definition) is 4. The molecule has 1 amide bonds. The summed E-state index contributed by atoms with van der Waals surface area (Å²) >= 11 is 0. The van der Waals surface area contributed by atoms with E-state index in [-0.39, 0.29) is 6.09 Å². The first-order valence-electron chi connectivity index (χ1n) is 9.24. The zero-order valence-electron chi connectivity index (χ0n) is 15.4. The summed E-state index contributed by atoms with van der Waals surface area (Å²) in [5.74, 6) is 0.777. The van der Waals surface area contributed by atoms with Crippen LogP contribution in [0.3, 0.4) is 0 Å². The van der Waals surface area contributed by atoms with E-state index in [9.17, 15) is 4.79 Å². The number of rotatable bonds is 5. The molecule has 134 valence electrons. The lowest BCUT2D eigenvalue weighted by molar-refractivity contribution is 0.0220. The van der Waals surface area contributed by atoms with E-state index in [1.807, 2.05) is 25.7 Å². The third-order valence-electron chi connectivity index (χ3n) is 4.81. The van der Waals surface area contributed by atoms with Crippen molar-refractivity contribution >= 4 is 6.09 Å². The van der Waals surface area contributed by atoms with Crippen molar-refractivity contribution in [3.8, 4) is 0 Å². The van der Waals surface area contributed by atoms with Crippen LogP contribution in [0.15, 0.2) is 0 Å². The van der Waals surface area contributed by atoms with Crippen molar-refractivity contribution in [1.82, 2.24) is 15.1 Å². The van der Waals surface area contributed by atoms with Crippen molar-refractivity contribution in [3.63, 3.8) is 0 Å². The molecule has 0 aromatic heterocycles. The summed E-state index contributed by atoms with van der Waals surface area (Å²) in [5.41, 5.74) is -0.407. The largest absolute Gasteiger partial charge is 0.444 e. The molecule has 0 aromatic carbocycles. The fraction of sp³-hybridized carbons (Fsp3) is 0.944. The molecular weight excluding hydrogens is 290 g/mol. The molecule has 2 atom stereocenters. The molecule has 0 saturated carbocycles. The highest BCUT2D eigenvalue weighted by Crippen LogP contribution is 2.22. The minimum Gasteiger partial charge on any atom is -0.444 e. The van der Waals surface area contributed by atoms with E-state index in [0.717, 1.165) is 44.8 Å². The number of nitrogens with zero attached hydrogens (tertiary/aromatic N) is 2. The Morgan fingerprint density at radius 1 is 1.22 bits per heavy atom. The van der Waals surface area contributed by atoms with Gasteiger partial charge >= 0.3 is 6.09 Å². The number of nitrogens with one attached hydrogen (secondary N) is 1. The molecule has 2 fully saturated rings. The van der Waals surface area contributed by atoms with Gasteiger partial charge in [0.1, 0.15) is 5.60 Å². The number of piperidine rings is 1. The van der Waals surface area contributed by atoms with Crippen molar-refractivity contribution in [2.75, 3.05) is 39.8 Å². The molecule has 2 rings (SSSR count). The van der Waals surface area contributed by atoms with Crippen LogP contribution >= 0.6 is 0 Å². The summed E-state index contributed by atoms with van der Waals surface area (Å²) in [6, 6.07) is 0.339. The summed E-state index contributed by atoms with van der Waals surface area (Å²) in [4.78, 5) is 16.6. The summed E-state index contributed by atoms with van der Waals surface area (Å²) in [6.45, 7) is 11.2. The molecule has 0 radical (unpaired) electrons. The average Bonchev–Trinajstić information content (AvgIpc) is 2.90. The fourth-order valence-corrected chi connectivity index (χ4v) is 3.71. The van der Waals surface area contributed by atoms with Crippen molar-refractivity contribution in [3.05, 3.63) is 0 Å². The minimum atomic E-state index is -0.407. The second kappa shape index (κ2) is 8.34. The van der Waals surface area contributed by atoms with E-state index in [2.05, 4.69) is 17.3 Å². The molecular formula is C18H35N3O2. The van der Waals surface area contributed by atoms with Crippen LogP contribution in [0.2, 0.25) is 0 Å². The van der Waals surface area contributed by atoms with Crippen molar-refractivity contribution in [1.29, 1.82) is 0 Å². The second-order valence-electron chi connectivity index (χ2n) is 8.23. The summed E-state index contributed by atoms with van der Waals surface area (Å²) in [7, 11) is 2.21. The van der Waals surface area contributed by atoms with Crippen molar-refractivity contribution in [2.24, 2.45) is 5.92 Å². The Bertz CT molecular complexity index is 381. The van der Waals surface area contributed by atoms with Gasteiger partial charge in [-0.2, -0.15) is 0 Å². The Balaban J connectivity index is 1.67. The van der Waals surface area contributed by atoms with Gasteiger partial charge in [-0.3, -0.25) is 0 Å². The lowest BCUT2D eigenvalue weighted by atomic mass is 9.98. The normalized spacial score (nSPS) is 26.5. The van der Waals surface area contributed by atoms with Crippen LogP contribution in [0, 0.1) is 5.92 Å². The zero-order chi connectivity index (χ0) is 16.9. The molecule has 2 aliphatic rings. The number of carbonyl (C=O) groups excluding carboxylic acids is 1. The molecule has 5 nitrogen and oxygen atoms in total. The van der Waals surface area contributed by atoms with E-state index >= 15 is 0 Å². The van der Waals surface area contributed by atoms with Crippen LogP contribution in [-0.2, 0) is 4.74 Å². The zero-order valence-corrected chi connectivity index (χ0v) is 15.4. The molecule has 1 N–H and O–H groups in total. The topological polar surface area (TPSA) is 44.8 Å². The highest BCUT2D eigenvalue weighted by atomic mass is 16.6. The van der Waals surface area contributed by atoms with Gasteiger partial charge in [0.2, 0.25) is 0 Å². The molecule has 0 bridgehead atoms. The number of amides is 1.